The molecule has 0 unspecified atom stereocenters. The van der Waals surface area contributed by atoms with Gasteiger partial charge in [-0.1, -0.05) is 60.7 Å². The fourth-order valence-electron chi connectivity index (χ4n) is 3.41. The van der Waals surface area contributed by atoms with Crippen LogP contribution in [0, 0.1) is 6.92 Å². The number of hydrogen-bond donors (Lipinski definition) is 1. The Labute approximate surface area is 177 Å². The molecule has 1 aliphatic heterocycles. The molecule has 1 amide bonds. The highest BCUT2D eigenvalue weighted by atomic mass is 19.4. The maximum absolute atomic E-state index is 14.4. The Hall–Kier alpha value is -3.68. The number of aryl methyl sites for hydroxylation is 1. The van der Waals surface area contributed by atoms with E-state index in [9.17, 15) is 18.0 Å². The van der Waals surface area contributed by atoms with Crippen molar-refractivity contribution in [1.82, 2.24) is 9.88 Å². The van der Waals surface area contributed by atoms with Crippen LogP contribution in [0.5, 0.6) is 0 Å². The number of anilines is 1. The largest absolute Gasteiger partial charge is 0.442 e. The van der Waals surface area contributed by atoms with Crippen LogP contribution in [-0.4, -0.2) is 33.5 Å². The van der Waals surface area contributed by atoms with Crippen molar-refractivity contribution >= 4 is 17.6 Å². The van der Waals surface area contributed by atoms with Crippen molar-refractivity contribution < 1.29 is 18.0 Å². The third-order valence-electron chi connectivity index (χ3n) is 4.93. The summed E-state index contributed by atoms with van der Waals surface area (Å²) < 4.78 is 43.2. The van der Waals surface area contributed by atoms with Crippen LogP contribution >= 0.6 is 0 Å². The monoisotopic (exact) mass is 424 g/mol. The molecule has 0 fully saturated rings. The van der Waals surface area contributed by atoms with E-state index in [1.807, 2.05) is 0 Å². The lowest BCUT2D eigenvalue weighted by molar-refractivity contribution is -0.185. The molecule has 0 aliphatic carbocycles. The Bertz CT molecular complexity index is 1120. The quantitative estimate of drug-likeness (QED) is 0.654. The summed E-state index contributed by atoms with van der Waals surface area (Å²) in [6.45, 7) is 1.68. The second-order valence-electron chi connectivity index (χ2n) is 7.23. The lowest BCUT2D eigenvalue weighted by atomic mass is 10.1. The Kier molecular flexibility index (Phi) is 5.22. The van der Waals surface area contributed by atoms with Gasteiger partial charge in [0.05, 0.1) is 6.54 Å². The molecule has 0 bridgehead atoms. The van der Waals surface area contributed by atoms with E-state index in [1.54, 1.807) is 73.7 Å². The number of carbonyl (C=O) groups is 1. The Morgan fingerprint density at radius 2 is 1.65 bits per heavy atom. The van der Waals surface area contributed by atoms with Crippen molar-refractivity contribution in [3.8, 4) is 0 Å². The van der Waals surface area contributed by atoms with Gasteiger partial charge < -0.3 is 5.32 Å². The molecule has 1 N–H and O–H groups in total. The van der Waals surface area contributed by atoms with Crippen LogP contribution in [0.1, 0.15) is 16.7 Å². The molecule has 5 nitrogen and oxygen atoms in total. The third kappa shape index (κ3) is 3.88. The number of nitrogens with one attached hydrogen (secondary N) is 1. The number of hydrogen-bond acceptors (Lipinski definition) is 4. The van der Waals surface area contributed by atoms with E-state index in [2.05, 4.69) is 15.3 Å². The van der Waals surface area contributed by atoms with E-state index in [-0.39, 0.29) is 18.2 Å². The van der Waals surface area contributed by atoms with Crippen LogP contribution in [0.4, 0.5) is 19.0 Å². The topological polar surface area (TPSA) is 57.6 Å². The fraction of sp³-hybridized carbons (Fsp3) is 0.174. The Morgan fingerprint density at radius 3 is 2.26 bits per heavy atom. The number of aromatic nitrogens is 1. The van der Waals surface area contributed by atoms with Crippen molar-refractivity contribution in [2.24, 2.45) is 4.99 Å². The molecule has 31 heavy (non-hydrogen) atoms. The summed E-state index contributed by atoms with van der Waals surface area (Å²) in [7, 11) is 0. The van der Waals surface area contributed by atoms with Crippen LogP contribution in [-0.2, 0) is 11.3 Å². The highest BCUT2D eigenvalue weighted by Gasteiger charge is 2.66. The summed E-state index contributed by atoms with van der Waals surface area (Å²) in [5.41, 5.74) is -1.37. The maximum atomic E-state index is 14.4. The highest BCUT2D eigenvalue weighted by Crippen LogP contribution is 2.41. The molecule has 4 rings (SSSR count). The summed E-state index contributed by atoms with van der Waals surface area (Å²) in [4.78, 5) is 22.3. The Balaban J connectivity index is 1.84. The molecule has 0 radical (unpaired) electrons. The molecule has 1 aliphatic rings. The normalized spacial score (nSPS) is 18.8. The van der Waals surface area contributed by atoms with Crippen LogP contribution < -0.4 is 5.32 Å². The second-order valence-corrected chi connectivity index (χ2v) is 7.23. The number of halogens is 3. The number of carbonyl (C=O) groups excluding carboxylic acids is 1. The first-order chi connectivity index (χ1) is 14.8. The molecular weight excluding hydrogens is 405 g/mol. The van der Waals surface area contributed by atoms with Crippen molar-refractivity contribution in [2.75, 3.05) is 5.32 Å². The molecule has 0 saturated carbocycles. The van der Waals surface area contributed by atoms with Gasteiger partial charge in [0.25, 0.3) is 5.91 Å². The molecule has 2 heterocycles. The number of aliphatic imine (C=N–C) groups is 1. The van der Waals surface area contributed by atoms with Gasteiger partial charge in [-0.05, 0) is 30.2 Å². The number of benzene rings is 2. The zero-order chi connectivity index (χ0) is 22.1. The summed E-state index contributed by atoms with van der Waals surface area (Å²) in [5.74, 6) is -1.33. The van der Waals surface area contributed by atoms with Gasteiger partial charge in [0.2, 0.25) is 0 Å². The lowest BCUT2D eigenvalue weighted by Gasteiger charge is -2.29. The predicted octanol–water partition coefficient (Wildman–Crippen LogP) is 4.55. The minimum atomic E-state index is -5.00. The van der Waals surface area contributed by atoms with Gasteiger partial charge in [-0.3, -0.25) is 9.69 Å². The van der Waals surface area contributed by atoms with E-state index in [4.69, 9.17) is 0 Å². The molecule has 2 aromatic carbocycles. The first-order valence-corrected chi connectivity index (χ1v) is 9.59. The molecule has 1 atom stereocenters. The van der Waals surface area contributed by atoms with Gasteiger partial charge in [-0.25, -0.2) is 9.98 Å². The first-order valence-electron chi connectivity index (χ1n) is 9.59. The van der Waals surface area contributed by atoms with Gasteiger partial charge >= 0.3 is 11.8 Å². The Morgan fingerprint density at radius 1 is 1.00 bits per heavy atom. The van der Waals surface area contributed by atoms with E-state index in [0.29, 0.717) is 16.7 Å². The lowest BCUT2D eigenvalue weighted by Crippen LogP contribution is -2.57. The summed E-state index contributed by atoms with van der Waals surface area (Å²) in [6, 6.07) is 20.3. The minimum absolute atomic E-state index is 0.0475. The average Bonchev–Trinajstić information content (AvgIpc) is 3.02. The third-order valence-corrected chi connectivity index (χ3v) is 4.93. The number of nitrogens with zero attached hydrogens (tertiary/aromatic N) is 3. The first kappa shape index (κ1) is 20.6. The van der Waals surface area contributed by atoms with E-state index in [0.717, 1.165) is 4.90 Å². The molecule has 158 valence electrons. The van der Waals surface area contributed by atoms with Crippen molar-refractivity contribution in [1.29, 1.82) is 0 Å². The standard InChI is InChI=1S/C23H19F3N4O/c1-16-12-13-27-19(14-16)28-22(23(24,25)26)21(31)30(15-17-8-4-2-5-9-17)20(29-22)18-10-6-3-7-11-18/h2-14H,15H2,1H3,(H,27,28)/t22-/m0/s1. The van der Waals surface area contributed by atoms with E-state index >= 15 is 0 Å². The average molecular weight is 424 g/mol. The van der Waals surface area contributed by atoms with Gasteiger partial charge in [-0.15, -0.1) is 0 Å². The summed E-state index contributed by atoms with van der Waals surface area (Å²) >= 11 is 0. The van der Waals surface area contributed by atoms with Crippen molar-refractivity contribution in [3.63, 3.8) is 0 Å². The zero-order valence-electron chi connectivity index (χ0n) is 16.6. The van der Waals surface area contributed by atoms with Gasteiger partial charge in [0.1, 0.15) is 11.7 Å². The number of pyridine rings is 1. The SMILES string of the molecule is Cc1ccnc(N[C@]2(C(F)(F)F)N=C(c3ccccc3)N(Cc3ccccc3)C2=O)c1. The van der Waals surface area contributed by atoms with E-state index < -0.39 is 17.7 Å². The van der Waals surface area contributed by atoms with Crippen LogP contribution in [0.2, 0.25) is 0 Å². The van der Waals surface area contributed by atoms with Crippen LogP contribution in [0.15, 0.2) is 84.0 Å². The molecule has 1 aromatic heterocycles. The number of rotatable bonds is 5. The zero-order valence-corrected chi connectivity index (χ0v) is 16.6. The smallest absolute Gasteiger partial charge is 0.331 e. The predicted molar refractivity (Wildman–Crippen MR) is 111 cm³/mol. The minimum Gasteiger partial charge on any atom is -0.331 e. The van der Waals surface area contributed by atoms with Gasteiger partial charge in [0, 0.05) is 11.8 Å². The van der Waals surface area contributed by atoms with Gasteiger partial charge in [-0.2, -0.15) is 13.2 Å². The number of amides is 1. The summed E-state index contributed by atoms with van der Waals surface area (Å²) in [6.07, 6.45) is -3.62. The molecule has 8 heteroatoms. The summed E-state index contributed by atoms with van der Waals surface area (Å²) in [5, 5.41) is 2.29. The molecule has 0 spiro atoms. The van der Waals surface area contributed by atoms with Crippen LogP contribution in [0.3, 0.4) is 0 Å². The maximum Gasteiger partial charge on any atom is 0.442 e. The van der Waals surface area contributed by atoms with E-state index in [1.165, 1.54) is 12.3 Å². The highest BCUT2D eigenvalue weighted by molar-refractivity contribution is 6.16. The number of alkyl halides is 3. The molecular formula is C23H19F3N4O. The van der Waals surface area contributed by atoms with Gasteiger partial charge in [0.15, 0.2) is 0 Å². The van der Waals surface area contributed by atoms with Crippen LogP contribution in [0.25, 0.3) is 0 Å². The molecule has 3 aromatic rings. The van der Waals surface area contributed by atoms with Crippen molar-refractivity contribution in [3.05, 3.63) is 95.7 Å². The number of amidine groups is 1. The fourth-order valence-corrected chi connectivity index (χ4v) is 3.41. The van der Waals surface area contributed by atoms with Crippen molar-refractivity contribution in [2.45, 2.75) is 25.3 Å². The molecule has 0 saturated heterocycles. The second kappa shape index (κ2) is 7.86.